The molecule has 0 unspecified atom stereocenters. The fourth-order valence-corrected chi connectivity index (χ4v) is 2.93. The monoisotopic (exact) mass is 414 g/mol. The summed E-state index contributed by atoms with van der Waals surface area (Å²) in [5.74, 6) is -2.28. The molecule has 156 valence electrons. The van der Waals surface area contributed by atoms with E-state index in [1.807, 2.05) is 0 Å². The van der Waals surface area contributed by atoms with E-state index in [4.69, 9.17) is 4.74 Å². The largest absolute Gasteiger partial charge is 0.497 e. The predicted octanol–water partition coefficient (Wildman–Crippen LogP) is 1.06. The lowest BCUT2D eigenvalue weighted by atomic mass is 9.92. The Morgan fingerprint density at radius 1 is 1.17 bits per heavy atom. The third-order valence-corrected chi connectivity index (χ3v) is 4.57. The minimum absolute atomic E-state index is 0.0309. The number of benzene rings is 2. The molecule has 0 aromatic heterocycles. The van der Waals surface area contributed by atoms with Crippen molar-refractivity contribution in [3.8, 4) is 5.75 Å². The van der Waals surface area contributed by atoms with Crippen LogP contribution in [-0.2, 0) is 15.1 Å². The van der Waals surface area contributed by atoms with Crippen LogP contribution < -0.4 is 20.8 Å². The third kappa shape index (κ3) is 4.07. The molecule has 2 aromatic rings. The number of imide groups is 1. The van der Waals surface area contributed by atoms with Crippen LogP contribution in [0.25, 0.3) is 0 Å². The Bertz CT molecular complexity index is 1030. The number of hydrogen-bond acceptors (Lipinski definition) is 5. The SMILES string of the molecule is COc1cccc([C@]2(C)NC(=O)N(NC(=O)CNC(=O)c3cccc(F)c3)C2=O)c1. The molecular weight excluding hydrogens is 395 g/mol. The molecule has 30 heavy (non-hydrogen) atoms. The lowest BCUT2D eigenvalue weighted by molar-refractivity contribution is -0.138. The number of urea groups is 1. The number of rotatable bonds is 6. The van der Waals surface area contributed by atoms with Gasteiger partial charge < -0.3 is 15.4 Å². The van der Waals surface area contributed by atoms with E-state index in [0.29, 0.717) is 16.3 Å². The van der Waals surface area contributed by atoms with Crippen LogP contribution >= 0.6 is 0 Å². The summed E-state index contributed by atoms with van der Waals surface area (Å²) in [5, 5.41) is 5.38. The number of carbonyl (C=O) groups excluding carboxylic acids is 4. The number of carbonyl (C=O) groups is 4. The van der Waals surface area contributed by atoms with Gasteiger partial charge in [0.2, 0.25) is 0 Å². The van der Waals surface area contributed by atoms with Gasteiger partial charge in [-0.2, -0.15) is 5.01 Å². The Morgan fingerprint density at radius 2 is 1.90 bits per heavy atom. The molecule has 0 aliphatic carbocycles. The van der Waals surface area contributed by atoms with Crippen LogP contribution in [0.5, 0.6) is 5.75 Å². The van der Waals surface area contributed by atoms with E-state index >= 15 is 0 Å². The topological polar surface area (TPSA) is 117 Å². The first-order chi connectivity index (χ1) is 14.2. The summed E-state index contributed by atoms with van der Waals surface area (Å²) < 4.78 is 18.3. The number of nitrogens with zero attached hydrogens (tertiary/aromatic N) is 1. The Labute approximate surface area is 171 Å². The molecule has 3 N–H and O–H groups in total. The Balaban J connectivity index is 1.65. The lowest BCUT2D eigenvalue weighted by Gasteiger charge is -2.22. The quantitative estimate of drug-likeness (QED) is 0.611. The second-order valence-electron chi connectivity index (χ2n) is 6.66. The standard InChI is InChI=1S/C20H19FN4O5/c1-20(13-6-4-8-15(10-13)30-2)18(28)25(19(29)23-20)24-16(26)11-22-17(27)12-5-3-7-14(21)9-12/h3-10H,11H2,1-2H3,(H,22,27)(H,23,29)(H,24,26)/t20-/m0/s1. The molecule has 0 bridgehead atoms. The molecule has 1 aliphatic rings. The van der Waals surface area contributed by atoms with E-state index in [9.17, 15) is 23.6 Å². The molecule has 1 saturated heterocycles. The van der Waals surface area contributed by atoms with E-state index in [1.165, 1.54) is 32.2 Å². The van der Waals surface area contributed by atoms with Gasteiger partial charge in [0.15, 0.2) is 0 Å². The molecule has 1 atom stereocenters. The average molecular weight is 414 g/mol. The van der Waals surface area contributed by atoms with Gasteiger partial charge in [0, 0.05) is 5.56 Å². The molecule has 3 rings (SSSR count). The maximum absolute atomic E-state index is 13.2. The van der Waals surface area contributed by atoms with Crippen LogP contribution in [0.2, 0.25) is 0 Å². The van der Waals surface area contributed by atoms with Gasteiger partial charge in [-0.05, 0) is 42.8 Å². The smallest absolute Gasteiger partial charge is 0.344 e. The van der Waals surface area contributed by atoms with Crippen LogP contribution in [-0.4, -0.2) is 42.4 Å². The summed E-state index contributed by atoms with van der Waals surface area (Å²) in [6, 6.07) is 10.7. The van der Waals surface area contributed by atoms with Crippen molar-refractivity contribution in [2.45, 2.75) is 12.5 Å². The van der Waals surface area contributed by atoms with Crippen LogP contribution in [0.1, 0.15) is 22.8 Å². The fourth-order valence-electron chi connectivity index (χ4n) is 2.93. The number of hydrazine groups is 1. The minimum Gasteiger partial charge on any atom is -0.497 e. The van der Waals surface area contributed by atoms with E-state index < -0.39 is 41.7 Å². The minimum atomic E-state index is -1.41. The molecule has 0 saturated carbocycles. The molecule has 0 radical (unpaired) electrons. The molecular formula is C20H19FN4O5. The first-order valence-electron chi connectivity index (χ1n) is 8.89. The average Bonchev–Trinajstić information content (AvgIpc) is 2.96. The van der Waals surface area contributed by atoms with Crippen molar-refractivity contribution in [2.75, 3.05) is 13.7 Å². The number of nitrogens with one attached hydrogen (secondary N) is 3. The highest BCUT2D eigenvalue weighted by molar-refractivity contribution is 6.08. The zero-order valence-corrected chi connectivity index (χ0v) is 16.2. The number of ether oxygens (including phenoxy) is 1. The van der Waals surface area contributed by atoms with Crippen molar-refractivity contribution in [3.05, 3.63) is 65.5 Å². The Hall–Kier alpha value is -3.95. The summed E-state index contributed by atoms with van der Waals surface area (Å²) >= 11 is 0. The highest BCUT2D eigenvalue weighted by Gasteiger charge is 2.50. The van der Waals surface area contributed by atoms with Crippen LogP contribution in [0.3, 0.4) is 0 Å². The molecule has 10 heteroatoms. The number of hydrogen-bond donors (Lipinski definition) is 3. The zero-order valence-electron chi connectivity index (χ0n) is 16.2. The third-order valence-electron chi connectivity index (χ3n) is 4.57. The van der Waals surface area contributed by atoms with Gasteiger partial charge in [-0.1, -0.05) is 18.2 Å². The second-order valence-corrected chi connectivity index (χ2v) is 6.66. The molecule has 0 spiro atoms. The summed E-state index contributed by atoms with van der Waals surface area (Å²) in [6.07, 6.45) is 0. The van der Waals surface area contributed by atoms with Gasteiger partial charge in [0.05, 0.1) is 13.7 Å². The van der Waals surface area contributed by atoms with Gasteiger partial charge in [-0.25, -0.2) is 9.18 Å². The van der Waals surface area contributed by atoms with E-state index in [2.05, 4.69) is 16.1 Å². The van der Waals surface area contributed by atoms with Gasteiger partial charge in [0.1, 0.15) is 17.1 Å². The molecule has 1 aliphatic heterocycles. The van der Waals surface area contributed by atoms with Gasteiger partial charge in [-0.15, -0.1) is 0 Å². The van der Waals surface area contributed by atoms with Crippen molar-refractivity contribution in [2.24, 2.45) is 0 Å². The summed E-state index contributed by atoms with van der Waals surface area (Å²) in [4.78, 5) is 49.2. The van der Waals surface area contributed by atoms with Crippen molar-refractivity contribution in [1.82, 2.24) is 21.1 Å². The maximum atomic E-state index is 13.2. The van der Waals surface area contributed by atoms with Crippen molar-refractivity contribution in [3.63, 3.8) is 0 Å². The highest BCUT2D eigenvalue weighted by atomic mass is 19.1. The molecule has 1 fully saturated rings. The van der Waals surface area contributed by atoms with Crippen LogP contribution in [0, 0.1) is 5.82 Å². The van der Waals surface area contributed by atoms with Gasteiger partial charge in [0.25, 0.3) is 17.7 Å². The van der Waals surface area contributed by atoms with E-state index in [1.54, 1.807) is 24.3 Å². The number of halogens is 1. The van der Waals surface area contributed by atoms with Crippen LogP contribution in [0.4, 0.5) is 9.18 Å². The van der Waals surface area contributed by atoms with Gasteiger partial charge >= 0.3 is 6.03 Å². The number of methoxy groups -OCH3 is 1. The summed E-state index contributed by atoms with van der Waals surface area (Å²) in [6.45, 7) is 0.974. The molecule has 1 heterocycles. The zero-order chi connectivity index (χ0) is 21.9. The second kappa shape index (κ2) is 8.19. The van der Waals surface area contributed by atoms with E-state index in [0.717, 1.165) is 6.07 Å². The van der Waals surface area contributed by atoms with E-state index in [-0.39, 0.29) is 5.56 Å². The first kappa shape index (κ1) is 20.8. The van der Waals surface area contributed by atoms with Gasteiger partial charge in [-0.3, -0.25) is 19.8 Å². The Kier molecular flexibility index (Phi) is 5.67. The number of amides is 5. The summed E-state index contributed by atoms with van der Waals surface area (Å²) in [5.41, 5.74) is 1.25. The first-order valence-corrected chi connectivity index (χ1v) is 8.89. The Morgan fingerprint density at radius 3 is 2.60 bits per heavy atom. The van der Waals surface area contributed by atoms with Crippen LogP contribution in [0.15, 0.2) is 48.5 Å². The van der Waals surface area contributed by atoms with Crippen molar-refractivity contribution < 1.29 is 28.3 Å². The lowest BCUT2D eigenvalue weighted by Crippen LogP contribution is -2.50. The summed E-state index contributed by atoms with van der Waals surface area (Å²) in [7, 11) is 1.47. The maximum Gasteiger partial charge on any atom is 0.344 e. The molecule has 2 aromatic carbocycles. The normalized spacial score (nSPS) is 18.0. The highest BCUT2D eigenvalue weighted by Crippen LogP contribution is 2.30. The molecule has 5 amide bonds. The van der Waals surface area contributed by atoms with Crippen molar-refractivity contribution in [1.29, 1.82) is 0 Å². The fraction of sp³-hybridized carbons (Fsp3) is 0.200. The predicted molar refractivity (Wildman–Crippen MR) is 103 cm³/mol. The van der Waals surface area contributed by atoms with Crippen molar-refractivity contribution >= 4 is 23.8 Å². The molecule has 9 nitrogen and oxygen atoms in total.